The molecule has 5 nitrogen and oxygen atoms in total. The number of rotatable bonds is 5. The van der Waals surface area contributed by atoms with Crippen LogP contribution in [0.5, 0.6) is 0 Å². The van der Waals surface area contributed by atoms with E-state index in [0.29, 0.717) is 18.2 Å². The highest BCUT2D eigenvalue weighted by atomic mass is 16.1. The molecule has 2 heterocycles. The maximum Gasteiger partial charge on any atom is 0.269 e. The number of aromatic nitrogens is 1. The minimum Gasteiger partial charge on any atom is -0.351 e. The SMILES string of the molecule is CN1CCC(CCNC(=O)c2ccc(CN)cn2)C1. The van der Waals surface area contributed by atoms with Crippen LogP contribution in [0.1, 0.15) is 28.9 Å². The first kappa shape index (κ1) is 14.0. The van der Waals surface area contributed by atoms with Gasteiger partial charge in [-0.1, -0.05) is 6.07 Å². The first-order valence-electron chi connectivity index (χ1n) is 6.81. The van der Waals surface area contributed by atoms with Crippen molar-refractivity contribution >= 4 is 5.91 Å². The molecule has 0 aromatic carbocycles. The van der Waals surface area contributed by atoms with Gasteiger partial charge in [0.15, 0.2) is 0 Å². The lowest BCUT2D eigenvalue weighted by Gasteiger charge is -2.11. The summed E-state index contributed by atoms with van der Waals surface area (Å²) in [5.74, 6) is 0.604. The minimum absolute atomic E-state index is 0.102. The summed E-state index contributed by atoms with van der Waals surface area (Å²) in [7, 11) is 2.14. The molecular weight excluding hydrogens is 240 g/mol. The molecule has 0 saturated carbocycles. The Hall–Kier alpha value is -1.46. The average molecular weight is 262 g/mol. The van der Waals surface area contributed by atoms with Crippen molar-refractivity contribution < 1.29 is 4.79 Å². The van der Waals surface area contributed by atoms with E-state index in [1.807, 2.05) is 6.07 Å². The molecule has 5 heteroatoms. The first-order valence-corrected chi connectivity index (χ1v) is 6.81. The molecule has 1 aliphatic rings. The molecule has 1 aromatic heterocycles. The highest BCUT2D eigenvalue weighted by Crippen LogP contribution is 2.16. The fraction of sp³-hybridized carbons (Fsp3) is 0.571. The van der Waals surface area contributed by atoms with E-state index >= 15 is 0 Å². The van der Waals surface area contributed by atoms with Gasteiger partial charge >= 0.3 is 0 Å². The lowest BCUT2D eigenvalue weighted by Crippen LogP contribution is -2.27. The lowest BCUT2D eigenvalue weighted by molar-refractivity contribution is 0.0946. The van der Waals surface area contributed by atoms with Crippen molar-refractivity contribution in [3.05, 3.63) is 29.6 Å². The van der Waals surface area contributed by atoms with Crippen LogP contribution in [-0.2, 0) is 6.54 Å². The zero-order valence-electron chi connectivity index (χ0n) is 11.4. The van der Waals surface area contributed by atoms with Gasteiger partial charge in [0.25, 0.3) is 5.91 Å². The summed E-state index contributed by atoms with van der Waals surface area (Å²) in [6.07, 6.45) is 3.92. The predicted octanol–water partition coefficient (Wildman–Crippen LogP) is 0.612. The Bertz CT molecular complexity index is 418. The molecule has 1 aromatic rings. The summed E-state index contributed by atoms with van der Waals surface area (Å²) in [6.45, 7) is 3.47. The summed E-state index contributed by atoms with van der Waals surface area (Å²) in [6, 6.07) is 3.56. The van der Waals surface area contributed by atoms with Gasteiger partial charge in [0.05, 0.1) is 0 Å². The molecule has 1 amide bonds. The Morgan fingerprint density at radius 3 is 3.00 bits per heavy atom. The van der Waals surface area contributed by atoms with E-state index < -0.39 is 0 Å². The van der Waals surface area contributed by atoms with Crippen LogP contribution in [0.3, 0.4) is 0 Å². The monoisotopic (exact) mass is 262 g/mol. The van der Waals surface area contributed by atoms with Gasteiger partial charge in [-0.25, -0.2) is 0 Å². The Morgan fingerprint density at radius 1 is 1.58 bits per heavy atom. The van der Waals surface area contributed by atoms with Crippen molar-refractivity contribution in [2.24, 2.45) is 11.7 Å². The molecule has 0 aliphatic carbocycles. The number of nitrogens with two attached hydrogens (primary N) is 1. The van der Waals surface area contributed by atoms with Crippen molar-refractivity contribution in [1.29, 1.82) is 0 Å². The molecule has 0 spiro atoms. The smallest absolute Gasteiger partial charge is 0.269 e. The van der Waals surface area contributed by atoms with Gasteiger partial charge in [-0.05, 0) is 44.0 Å². The van der Waals surface area contributed by atoms with E-state index in [9.17, 15) is 4.79 Å². The molecule has 0 bridgehead atoms. The van der Waals surface area contributed by atoms with E-state index in [4.69, 9.17) is 5.73 Å². The second-order valence-electron chi connectivity index (χ2n) is 5.22. The van der Waals surface area contributed by atoms with Crippen LogP contribution in [0.15, 0.2) is 18.3 Å². The molecule has 1 atom stereocenters. The quantitative estimate of drug-likeness (QED) is 0.815. The molecule has 0 radical (unpaired) electrons. The van der Waals surface area contributed by atoms with Crippen LogP contribution >= 0.6 is 0 Å². The predicted molar refractivity (Wildman–Crippen MR) is 74.7 cm³/mol. The Balaban J connectivity index is 1.74. The molecule has 3 N–H and O–H groups in total. The van der Waals surface area contributed by atoms with Crippen LogP contribution < -0.4 is 11.1 Å². The summed E-state index contributed by atoms with van der Waals surface area (Å²) in [5.41, 5.74) is 6.89. The summed E-state index contributed by atoms with van der Waals surface area (Å²) < 4.78 is 0. The first-order chi connectivity index (χ1) is 9.19. The third-order valence-corrected chi connectivity index (χ3v) is 3.62. The molecule has 1 aliphatic heterocycles. The van der Waals surface area contributed by atoms with Gasteiger partial charge in [-0.3, -0.25) is 9.78 Å². The van der Waals surface area contributed by atoms with E-state index in [1.165, 1.54) is 13.0 Å². The highest BCUT2D eigenvalue weighted by Gasteiger charge is 2.19. The fourth-order valence-corrected chi connectivity index (χ4v) is 2.42. The number of amides is 1. The number of likely N-dealkylation sites (tertiary alicyclic amines) is 1. The standard InChI is InChI=1S/C14H22N4O/c1-18-7-5-11(10-18)4-6-16-14(19)13-3-2-12(8-15)9-17-13/h2-3,9,11H,4-8,10,15H2,1H3,(H,16,19). The van der Waals surface area contributed by atoms with Gasteiger partial charge < -0.3 is 16.0 Å². The van der Waals surface area contributed by atoms with Crippen molar-refractivity contribution in [3.63, 3.8) is 0 Å². The largest absolute Gasteiger partial charge is 0.351 e. The van der Waals surface area contributed by atoms with Crippen LogP contribution in [0, 0.1) is 5.92 Å². The second kappa shape index (κ2) is 6.63. The number of nitrogens with one attached hydrogen (secondary N) is 1. The highest BCUT2D eigenvalue weighted by molar-refractivity contribution is 5.92. The van der Waals surface area contributed by atoms with E-state index in [0.717, 1.165) is 25.1 Å². The summed E-state index contributed by atoms with van der Waals surface area (Å²) in [5, 5.41) is 2.93. The van der Waals surface area contributed by atoms with Gasteiger partial charge in [-0.2, -0.15) is 0 Å². The molecule has 1 saturated heterocycles. The van der Waals surface area contributed by atoms with Crippen LogP contribution in [0.25, 0.3) is 0 Å². The fourth-order valence-electron chi connectivity index (χ4n) is 2.42. The molecular formula is C14H22N4O. The molecule has 2 rings (SSSR count). The van der Waals surface area contributed by atoms with Crippen LogP contribution in [0.4, 0.5) is 0 Å². The van der Waals surface area contributed by atoms with Gasteiger partial charge in [0.2, 0.25) is 0 Å². The molecule has 1 fully saturated rings. The van der Waals surface area contributed by atoms with Crippen molar-refractivity contribution in [2.45, 2.75) is 19.4 Å². The normalized spacial score (nSPS) is 19.6. The van der Waals surface area contributed by atoms with Gasteiger partial charge in [0.1, 0.15) is 5.69 Å². The van der Waals surface area contributed by atoms with Gasteiger partial charge in [0, 0.05) is 25.8 Å². The topological polar surface area (TPSA) is 71.2 Å². The number of carbonyl (C=O) groups is 1. The maximum absolute atomic E-state index is 11.9. The number of hydrogen-bond donors (Lipinski definition) is 2. The average Bonchev–Trinajstić information content (AvgIpc) is 2.84. The number of carbonyl (C=O) groups excluding carboxylic acids is 1. The molecule has 1 unspecified atom stereocenters. The molecule has 19 heavy (non-hydrogen) atoms. The number of hydrogen-bond acceptors (Lipinski definition) is 4. The third kappa shape index (κ3) is 4.01. The summed E-state index contributed by atoms with van der Waals surface area (Å²) >= 11 is 0. The number of nitrogens with zero attached hydrogens (tertiary/aromatic N) is 2. The zero-order valence-corrected chi connectivity index (χ0v) is 11.4. The maximum atomic E-state index is 11.9. The second-order valence-corrected chi connectivity index (χ2v) is 5.22. The molecule has 104 valence electrons. The van der Waals surface area contributed by atoms with Crippen molar-refractivity contribution in [2.75, 3.05) is 26.7 Å². The lowest BCUT2D eigenvalue weighted by atomic mass is 10.1. The van der Waals surface area contributed by atoms with Gasteiger partial charge in [-0.15, -0.1) is 0 Å². The zero-order chi connectivity index (χ0) is 13.7. The Morgan fingerprint density at radius 2 is 2.42 bits per heavy atom. The van der Waals surface area contributed by atoms with Crippen LogP contribution in [-0.4, -0.2) is 42.5 Å². The number of pyridine rings is 1. The Kier molecular flexibility index (Phi) is 4.87. The van der Waals surface area contributed by atoms with E-state index in [1.54, 1.807) is 12.3 Å². The summed E-state index contributed by atoms with van der Waals surface area (Å²) in [4.78, 5) is 18.3. The van der Waals surface area contributed by atoms with Crippen molar-refractivity contribution in [3.8, 4) is 0 Å². The van der Waals surface area contributed by atoms with Crippen LogP contribution in [0.2, 0.25) is 0 Å². The van der Waals surface area contributed by atoms with E-state index in [2.05, 4.69) is 22.2 Å². The minimum atomic E-state index is -0.102. The third-order valence-electron chi connectivity index (χ3n) is 3.62. The van der Waals surface area contributed by atoms with Crippen molar-refractivity contribution in [1.82, 2.24) is 15.2 Å². The Labute approximate surface area is 114 Å². The van der Waals surface area contributed by atoms with E-state index in [-0.39, 0.29) is 5.91 Å².